The highest BCUT2D eigenvalue weighted by molar-refractivity contribution is 5.92. The number of benzene rings is 2. The van der Waals surface area contributed by atoms with E-state index in [-0.39, 0.29) is 23.2 Å². The fourth-order valence-electron chi connectivity index (χ4n) is 3.17. The number of halogens is 1. The number of hydrogen-bond donors (Lipinski definition) is 2. The molecule has 1 amide bonds. The third-order valence-corrected chi connectivity index (χ3v) is 4.66. The molecule has 0 unspecified atom stereocenters. The van der Waals surface area contributed by atoms with Gasteiger partial charge in [0.2, 0.25) is 5.91 Å². The van der Waals surface area contributed by atoms with Gasteiger partial charge in [-0.15, -0.1) is 0 Å². The summed E-state index contributed by atoms with van der Waals surface area (Å²) in [5.74, 6) is -1.45. The Morgan fingerprint density at radius 3 is 2.42 bits per heavy atom. The Morgan fingerprint density at radius 2 is 1.81 bits per heavy atom. The highest BCUT2D eigenvalue weighted by atomic mass is 19.1. The van der Waals surface area contributed by atoms with Gasteiger partial charge in [0.05, 0.1) is 5.56 Å². The van der Waals surface area contributed by atoms with Crippen molar-refractivity contribution in [3.63, 3.8) is 0 Å². The summed E-state index contributed by atoms with van der Waals surface area (Å²) in [5, 5.41) is 11.7. The van der Waals surface area contributed by atoms with Gasteiger partial charge in [0.15, 0.2) is 0 Å². The van der Waals surface area contributed by atoms with E-state index in [0.29, 0.717) is 5.69 Å². The first-order valence-corrected chi connectivity index (χ1v) is 8.62. The summed E-state index contributed by atoms with van der Waals surface area (Å²) in [6.45, 7) is 2.32. The van der Waals surface area contributed by atoms with Gasteiger partial charge >= 0.3 is 5.97 Å². The minimum Gasteiger partial charge on any atom is -0.478 e. The average Bonchev–Trinajstić information content (AvgIpc) is 2.63. The first-order chi connectivity index (χ1) is 12.5. The molecule has 1 aliphatic heterocycles. The molecule has 2 aromatic carbocycles. The summed E-state index contributed by atoms with van der Waals surface area (Å²) in [6.07, 6.45) is 1.49. The Balaban J connectivity index is 1.49. The van der Waals surface area contributed by atoms with Crippen LogP contribution in [0.3, 0.4) is 0 Å². The predicted molar refractivity (Wildman–Crippen MR) is 96.4 cm³/mol. The van der Waals surface area contributed by atoms with Crippen molar-refractivity contribution >= 4 is 17.6 Å². The number of piperidine rings is 1. The van der Waals surface area contributed by atoms with E-state index in [2.05, 4.69) is 10.2 Å². The van der Waals surface area contributed by atoms with Gasteiger partial charge in [-0.05, 0) is 61.8 Å². The molecule has 1 heterocycles. The molecule has 1 aliphatic rings. The zero-order valence-corrected chi connectivity index (χ0v) is 14.3. The van der Waals surface area contributed by atoms with Crippen LogP contribution in [0.1, 0.15) is 28.8 Å². The Bertz CT molecular complexity index is 784. The van der Waals surface area contributed by atoms with Crippen LogP contribution in [-0.4, -0.2) is 35.0 Å². The van der Waals surface area contributed by atoms with Crippen LogP contribution in [0.25, 0.3) is 0 Å². The van der Waals surface area contributed by atoms with Gasteiger partial charge in [0, 0.05) is 18.2 Å². The number of amides is 1. The maximum Gasteiger partial charge on any atom is 0.335 e. The van der Waals surface area contributed by atoms with E-state index in [1.807, 2.05) is 12.1 Å². The van der Waals surface area contributed by atoms with Crippen LogP contribution in [0.4, 0.5) is 10.1 Å². The molecule has 3 rings (SSSR count). The average molecular weight is 356 g/mol. The van der Waals surface area contributed by atoms with Crippen molar-refractivity contribution in [1.29, 1.82) is 0 Å². The van der Waals surface area contributed by atoms with Gasteiger partial charge < -0.3 is 10.4 Å². The number of nitrogens with one attached hydrogen (secondary N) is 1. The van der Waals surface area contributed by atoms with Crippen LogP contribution in [0.2, 0.25) is 0 Å². The van der Waals surface area contributed by atoms with Gasteiger partial charge in [0.25, 0.3) is 0 Å². The van der Waals surface area contributed by atoms with Crippen molar-refractivity contribution in [3.05, 3.63) is 65.5 Å². The molecule has 0 radical (unpaired) electrons. The molecule has 0 aromatic heterocycles. The third-order valence-electron chi connectivity index (χ3n) is 4.66. The summed E-state index contributed by atoms with van der Waals surface area (Å²) in [5.41, 5.74) is 1.81. The molecule has 0 spiro atoms. The third kappa shape index (κ3) is 4.67. The van der Waals surface area contributed by atoms with Crippen molar-refractivity contribution in [2.24, 2.45) is 5.92 Å². The fraction of sp³-hybridized carbons (Fsp3) is 0.300. The molecule has 136 valence electrons. The largest absolute Gasteiger partial charge is 0.478 e. The number of carboxylic acids is 1. The molecule has 1 saturated heterocycles. The van der Waals surface area contributed by atoms with E-state index in [4.69, 9.17) is 5.11 Å². The van der Waals surface area contributed by atoms with Gasteiger partial charge in [-0.2, -0.15) is 0 Å². The van der Waals surface area contributed by atoms with Gasteiger partial charge in [-0.25, -0.2) is 9.18 Å². The van der Waals surface area contributed by atoms with E-state index < -0.39 is 5.97 Å². The number of carboxylic acid groups (broad SMARTS) is 1. The molecular weight excluding hydrogens is 335 g/mol. The summed E-state index contributed by atoms with van der Waals surface area (Å²) in [7, 11) is 0. The normalized spacial score (nSPS) is 15.6. The molecule has 1 fully saturated rings. The number of carbonyl (C=O) groups is 2. The molecule has 2 aromatic rings. The Labute approximate surface area is 151 Å². The van der Waals surface area contributed by atoms with Gasteiger partial charge in [-0.3, -0.25) is 9.69 Å². The molecule has 5 nitrogen and oxygen atoms in total. The monoisotopic (exact) mass is 356 g/mol. The van der Waals surface area contributed by atoms with Crippen molar-refractivity contribution in [2.75, 3.05) is 18.4 Å². The smallest absolute Gasteiger partial charge is 0.335 e. The van der Waals surface area contributed by atoms with E-state index >= 15 is 0 Å². The van der Waals surface area contributed by atoms with Crippen LogP contribution < -0.4 is 5.32 Å². The second-order valence-corrected chi connectivity index (χ2v) is 6.55. The quantitative estimate of drug-likeness (QED) is 0.862. The van der Waals surface area contributed by atoms with Crippen LogP contribution in [-0.2, 0) is 11.3 Å². The van der Waals surface area contributed by atoms with Crippen LogP contribution in [0, 0.1) is 11.7 Å². The molecule has 2 N–H and O–H groups in total. The van der Waals surface area contributed by atoms with Crippen molar-refractivity contribution in [3.8, 4) is 0 Å². The van der Waals surface area contributed by atoms with Gasteiger partial charge in [0.1, 0.15) is 5.82 Å². The summed E-state index contributed by atoms with van der Waals surface area (Å²) >= 11 is 0. The first-order valence-electron chi connectivity index (χ1n) is 8.62. The Morgan fingerprint density at radius 1 is 1.12 bits per heavy atom. The van der Waals surface area contributed by atoms with E-state index in [9.17, 15) is 14.0 Å². The number of anilines is 1. The number of hydrogen-bond acceptors (Lipinski definition) is 3. The van der Waals surface area contributed by atoms with E-state index in [1.165, 1.54) is 12.1 Å². The van der Waals surface area contributed by atoms with Crippen LogP contribution in [0.5, 0.6) is 0 Å². The zero-order chi connectivity index (χ0) is 18.5. The summed E-state index contributed by atoms with van der Waals surface area (Å²) in [6, 6.07) is 12.8. The minimum atomic E-state index is -0.929. The van der Waals surface area contributed by atoms with Crippen molar-refractivity contribution in [1.82, 2.24) is 4.90 Å². The molecule has 0 atom stereocenters. The minimum absolute atomic E-state index is 0.0685. The number of aromatic carboxylic acids is 1. The van der Waals surface area contributed by atoms with E-state index in [0.717, 1.165) is 38.0 Å². The number of likely N-dealkylation sites (tertiary alicyclic amines) is 1. The van der Waals surface area contributed by atoms with E-state index in [1.54, 1.807) is 24.3 Å². The molecule has 0 aliphatic carbocycles. The molecule has 0 bridgehead atoms. The lowest BCUT2D eigenvalue weighted by atomic mass is 9.95. The Kier molecular flexibility index (Phi) is 5.63. The zero-order valence-electron chi connectivity index (χ0n) is 14.3. The summed E-state index contributed by atoms with van der Waals surface area (Å²) in [4.78, 5) is 25.5. The number of carbonyl (C=O) groups excluding carboxylic acids is 1. The Hall–Kier alpha value is -2.73. The topological polar surface area (TPSA) is 69.6 Å². The maximum atomic E-state index is 13.2. The maximum absolute atomic E-state index is 13.2. The lowest BCUT2D eigenvalue weighted by Gasteiger charge is -2.31. The first kappa shape index (κ1) is 18.1. The second kappa shape index (κ2) is 8.10. The second-order valence-electron chi connectivity index (χ2n) is 6.55. The lowest BCUT2D eigenvalue weighted by Crippen LogP contribution is -2.37. The predicted octanol–water partition coefficient (Wildman–Crippen LogP) is 3.37. The highest BCUT2D eigenvalue weighted by Gasteiger charge is 2.25. The standard InChI is InChI=1S/C20H21FN2O3/c21-17-2-1-3-18(12-17)22-19(24)15-8-10-23(11-9-15)13-14-4-6-16(7-5-14)20(25)26/h1-7,12,15H,8-11,13H2,(H,22,24)(H,25,26). The molecule has 6 heteroatoms. The van der Waals surface area contributed by atoms with Crippen LogP contribution >= 0.6 is 0 Å². The SMILES string of the molecule is O=C(O)c1ccc(CN2CCC(C(=O)Nc3cccc(F)c3)CC2)cc1. The summed E-state index contributed by atoms with van der Waals surface area (Å²) < 4.78 is 13.2. The van der Waals surface area contributed by atoms with Crippen molar-refractivity contribution < 1.29 is 19.1 Å². The molecule has 0 saturated carbocycles. The van der Waals surface area contributed by atoms with Gasteiger partial charge in [-0.1, -0.05) is 18.2 Å². The molecular formula is C20H21FN2O3. The number of nitrogens with zero attached hydrogens (tertiary/aromatic N) is 1. The molecule has 26 heavy (non-hydrogen) atoms. The van der Waals surface area contributed by atoms with Crippen molar-refractivity contribution in [2.45, 2.75) is 19.4 Å². The highest BCUT2D eigenvalue weighted by Crippen LogP contribution is 2.21. The van der Waals surface area contributed by atoms with Crippen LogP contribution in [0.15, 0.2) is 48.5 Å². The number of rotatable bonds is 5. The lowest BCUT2D eigenvalue weighted by molar-refractivity contribution is -0.121. The fourth-order valence-corrected chi connectivity index (χ4v) is 3.17.